The summed E-state index contributed by atoms with van der Waals surface area (Å²) in [6.07, 6.45) is 0.845. The Bertz CT molecular complexity index is 915. The van der Waals surface area contributed by atoms with Crippen LogP contribution in [0.4, 0.5) is 11.4 Å². The number of aromatic nitrogens is 1. The van der Waals surface area contributed by atoms with Gasteiger partial charge in [-0.05, 0) is 63.3 Å². The second kappa shape index (κ2) is 8.60. The average molecular weight is 418 g/mol. The van der Waals surface area contributed by atoms with Gasteiger partial charge in [0.15, 0.2) is 5.69 Å². The van der Waals surface area contributed by atoms with Crippen LogP contribution in [0.1, 0.15) is 60.3 Å². The van der Waals surface area contributed by atoms with Gasteiger partial charge in [0.05, 0.1) is 5.69 Å². The molecule has 1 heterocycles. The number of carbonyl (C=O) groups is 3. The van der Waals surface area contributed by atoms with Crippen LogP contribution in [0, 0.1) is 0 Å². The number of amides is 3. The molecule has 156 valence electrons. The molecule has 0 aliphatic heterocycles. The monoisotopic (exact) mass is 417 g/mol. The van der Waals surface area contributed by atoms with Crippen LogP contribution in [0.3, 0.4) is 0 Å². The third kappa shape index (κ3) is 5.11. The zero-order valence-corrected chi connectivity index (χ0v) is 18.1. The van der Waals surface area contributed by atoms with Crippen LogP contribution >= 0.6 is 11.5 Å². The van der Waals surface area contributed by atoms with E-state index >= 15 is 0 Å². The predicted molar refractivity (Wildman–Crippen MR) is 115 cm³/mol. The van der Waals surface area contributed by atoms with Crippen molar-refractivity contribution < 1.29 is 14.4 Å². The highest BCUT2D eigenvalue weighted by molar-refractivity contribution is 7.09. The molecule has 5 N–H and O–H groups in total. The first-order chi connectivity index (χ1) is 13.5. The second-order valence-electron chi connectivity index (χ2n) is 7.75. The summed E-state index contributed by atoms with van der Waals surface area (Å²) in [6, 6.07) is 6.53. The molecule has 0 radical (unpaired) electrons. The molecule has 0 saturated heterocycles. The Balaban J connectivity index is 2.49. The number of anilines is 2. The highest BCUT2D eigenvalue weighted by atomic mass is 32.1. The Kier molecular flexibility index (Phi) is 6.63. The lowest BCUT2D eigenvalue weighted by Gasteiger charge is -2.31. The number of benzene rings is 1. The number of carbonyl (C=O) groups excluding carboxylic acids is 3. The van der Waals surface area contributed by atoms with Crippen molar-refractivity contribution in [2.45, 2.75) is 52.6 Å². The lowest BCUT2D eigenvalue weighted by molar-refractivity contribution is -0.123. The van der Waals surface area contributed by atoms with Gasteiger partial charge in [-0.15, -0.1) is 0 Å². The molecule has 1 aromatic carbocycles. The van der Waals surface area contributed by atoms with Crippen LogP contribution in [0.2, 0.25) is 0 Å². The minimum atomic E-state index is -0.826. The molecule has 0 bridgehead atoms. The van der Waals surface area contributed by atoms with E-state index in [1.165, 1.54) is 4.90 Å². The van der Waals surface area contributed by atoms with Crippen molar-refractivity contribution in [1.29, 1.82) is 0 Å². The quantitative estimate of drug-likeness (QED) is 0.664. The summed E-state index contributed by atoms with van der Waals surface area (Å²) >= 11 is 0.787. The summed E-state index contributed by atoms with van der Waals surface area (Å²) in [5.74, 6) is -1.65. The van der Waals surface area contributed by atoms with Gasteiger partial charge in [0.2, 0.25) is 5.91 Å². The van der Waals surface area contributed by atoms with E-state index in [0.29, 0.717) is 5.69 Å². The van der Waals surface area contributed by atoms with Crippen molar-refractivity contribution in [3.8, 4) is 0 Å². The maximum atomic E-state index is 13.4. The zero-order valence-electron chi connectivity index (χ0n) is 17.3. The highest BCUT2D eigenvalue weighted by Crippen LogP contribution is 2.28. The summed E-state index contributed by atoms with van der Waals surface area (Å²) < 4.78 is 3.90. The number of nitrogen functional groups attached to an aromatic ring is 1. The maximum Gasteiger partial charge on any atom is 0.272 e. The van der Waals surface area contributed by atoms with E-state index in [4.69, 9.17) is 11.5 Å². The van der Waals surface area contributed by atoms with E-state index in [1.807, 2.05) is 39.8 Å². The minimum absolute atomic E-state index is 0.0637. The van der Waals surface area contributed by atoms with Crippen LogP contribution < -0.4 is 21.7 Å². The number of nitrogens with one attached hydrogen (secondary N) is 1. The van der Waals surface area contributed by atoms with E-state index in [2.05, 4.69) is 9.69 Å². The maximum absolute atomic E-state index is 13.4. The summed E-state index contributed by atoms with van der Waals surface area (Å²) in [7, 11) is 0. The van der Waals surface area contributed by atoms with Crippen LogP contribution in [-0.2, 0) is 11.2 Å². The van der Waals surface area contributed by atoms with Crippen LogP contribution in [-0.4, -0.2) is 33.7 Å². The highest BCUT2D eigenvalue weighted by Gasteiger charge is 2.33. The van der Waals surface area contributed by atoms with Gasteiger partial charge in [-0.3, -0.25) is 19.3 Å². The molecule has 0 aliphatic rings. The van der Waals surface area contributed by atoms with Crippen LogP contribution in [0.25, 0.3) is 0 Å². The molecule has 2 aromatic rings. The van der Waals surface area contributed by atoms with Gasteiger partial charge in [-0.1, -0.05) is 19.1 Å². The second-order valence-corrected chi connectivity index (χ2v) is 8.52. The predicted octanol–water partition coefficient (Wildman–Crippen LogP) is 2.34. The lowest BCUT2D eigenvalue weighted by atomic mass is 10.1. The Hall–Kier alpha value is -2.94. The number of nitrogens with zero attached hydrogens (tertiary/aromatic N) is 2. The summed E-state index contributed by atoms with van der Waals surface area (Å²) in [5, 5.41) is 2.89. The van der Waals surface area contributed by atoms with Gasteiger partial charge in [-0.2, -0.15) is 4.37 Å². The number of hydrogen-bond acceptors (Lipinski definition) is 6. The van der Waals surface area contributed by atoms with E-state index in [1.54, 1.807) is 19.1 Å². The molecular weight excluding hydrogens is 390 g/mol. The van der Waals surface area contributed by atoms with E-state index in [9.17, 15) is 14.4 Å². The molecule has 0 unspecified atom stereocenters. The smallest absolute Gasteiger partial charge is 0.272 e. The Morgan fingerprint density at radius 2 is 1.79 bits per heavy atom. The van der Waals surface area contributed by atoms with Crippen molar-refractivity contribution in [2.75, 3.05) is 10.6 Å². The van der Waals surface area contributed by atoms with E-state index in [0.717, 1.165) is 23.5 Å². The Labute approximate surface area is 174 Å². The summed E-state index contributed by atoms with van der Waals surface area (Å²) in [6.45, 7) is 9.25. The number of primary amides is 1. The molecule has 3 amide bonds. The van der Waals surface area contributed by atoms with Crippen LogP contribution in [0.5, 0.6) is 0 Å². The summed E-state index contributed by atoms with van der Waals surface area (Å²) in [4.78, 5) is 39.0. The fourth-order valence-corrected chi connectivity index (χ4v) is 3.48. The number of hydrogen-bond donors (Lipinski definition) is 3. The Morgan fingerprint density at radius 1 is 1.21 bits per heavy atom. The first-order valence-electron chi connectivity index (χ1n) is 9.25. The van der Waals surface area contributed by atoms with Gasteiger partial charge in [0, 0.05) is 11.2 Å². The number of rotatable bonds is 6. The molecular formula is C20H27N5O3S. The molecule has 2 rings (SSSR count). The molecule has 29 heavy (non-hydrogen) atoms. The van der Waals surface area contributed by atoms with E-state index in [-0.39, 0.29) is 22.2 Å². The SMILES string of the molecule is CCc1ccc(N(C(=O)c2snc(C(N)=O)c2N)[C@@H](C)C(=O)NC(C)(C)C)cc1. The lowest BCUT2D eigenvalue weighted by Crippen LogP contribution is -2.52. The molecule has 1 atom stereocenters. The topological polar surface area (TPSA) is 131 Å². The third-order valence-corrected chi connectivity index (χ3v) is 5.11. The van der Waals surface area contributed by atoms with Crippen molar-refractivity contribution in [2.24, 2.45) is 5.73 Å². The largest absolute Gasteiger partial charge is 0.395 e. The molecule has 8 nitrogen and oxygen atoms in total. The number of nitrogens with two attached hydrogens (primary N) is 2. The van der Waals surface area contributed by atoms with Crippen molar-refractivity contribution in [3.63, 3.8) is 0 Å². The standard InChI is InChI=1S/C20H27N5O3S/c1-6-12-7-9-13(10-8-12)25(11(2)18(27)23-20(3,4)5)19(28)16-14(21)15(17(22)26)24-29-16/h7-11H,6,21H2,1-5H3,(H2,22,26)(H,23,27)/t11-/m0/s1. The molecule has 9 heteroatoms. The molecule has 0 aliphatic carbocycles. The van der Waals surface area contributed by atoms with Crippen molar-refractivity contribution in [3.05, 3.63) is 40.4 Å². The number of aryl methyl sites for hydroxylation is 1. The normalized spacial score (nSPS) is 12.3. The Morgan fingerprint density at radius 3 is 2.24 bits per heavy atom. The van der Waals surface area contributed by atoms with Gasteiger partial charge in [0.1, 0.15) is 10.9 Å². The molecule has 0 spiro atoms. The molecule has 1 aromatic heterocycles. The van der Waals surface area contributed by atoms with E-state index < -0.39 is 23.4 Å². The van der Waals surface area contributed by atoms with Crippen molar-refractivity contribution >= 4 is 40.6 Å². The minimum Gasteiger partial charge on any atom is -0.395 e. The van der Waals surface area contributed by atoms with Gasteiger partial charge in [-0.25, -0.2) is 0 Å². The third-order valence-electron chi connectivity index (χ3n) is 4.26. The van der Waals surface area contributed by atoms with Crippen molar-refractivity contribution in [1.82, 2.24) is 9.69 Å². The molecule has 0 fully saturated rings. The van der Waals surface area contributed by atoms with Gasteiger partial charge >= 0.3 is 0 Å². The zero-order chi connectivity index (χ0) is 21.9. The van der Waals surface area contributed by atoms with Gasteiger partial charge < -0.3 is 16.8 Å². The fourth-order valence-electron chi connectivity index (χ4n) is 2.74. The van der Waals surface area contributed by atoms with Crippen LogP contribution in [0.15, 0.2) is 24.3 Å². The van der Waals surface area contributed by atoms with Gasteiger partial charge in [0.25, 0.3) is 11.8 Å². The first-order valence-corrected chi connectivity index (χ1v) is 10.0. The fraction of sp³-hybridized carbons (Fsp3) is 0.400. The first kappa shape index (κ1) is 22.4. The summed E-state index contributed by atoms with van der Waals surface area (Å²) in [5.41, 5.74) is 12.2. The molecule has 0 saturated carbocycles. The average Bonchev–Trinajstić information content (AvgIpc) is 3.02.